The minimum absolute atomic E-state index is 0.0360. The third kappa shape index (κ3) is 3.27. The molecular formula is C10H21NO3. The van der Waals surface area contributed by atoms with Crippen molar-refractivity contribution < 1.29 is 14.6 Å². The molecule has 0 heterocycles. The second-order valence-corrected chi connectivity index (χ2v) is 3.55. The van der Waals surface area contributed by atoms with E-state index in [2.05, 4.69) is 5.32 Å². The van der Waals surface area contributed by atoms with Crippen LogP contribution in [0.15, 0.2) is 0 Å². The zero-order valence-corrected chi connectivity index (χ0v) is 9.46. The molecule has 0 aliphatic heterocycles. The smallest absolute Gasteiger partial charge is 0.252 e. The zero-order valence-electron chi connectivity index (χ0n) is 9.46. The van der Waals surface area contributed by atoms with Gasteiger partial charge in [0.05, 0.1) is 12.6 Å². The van der Waals surface area contributed by atoms with Gasteiger partial charge >= 0.3 is 0 Å². The summed E-state index contributed by atoms with van der Waals surface area (Å²) in [4.78, 5) is 11.7. The average molecular weight is 203 g/mol. The number of rotatable bonds is 6. The van der Waals surface area contributed by atoms with E-state index < -0.39 is 5.60 Å². The van der Waals surface area contributed by atoms with Crippen LogP contribution < -0.4 is 5.32 Å². The molecule has 1 amide bonds. The molecule has 0 rings (SSSR count). The van der Waals surface area contributed by atoms with Gasteiger partial charge in [-0.05, 0) is 19.8 Å². The van der Waals surface area contributed by atoms with Gasteiger partial charge in [-0.15, -0.1) is 0 Å². The van der Waals surface area contributed by atoms with E-state index >= 15 is 0 Å². The first-order chi connectivity index (χ1) is 6.53. The Morgan fingerprint density at radius 1 is 1.57 bits per heavy atom. The highest BCUT2D eigenvalue weighted by Gasteiger charge is 2.31. The maximum atomic E-state index is 11.7. The predicted octanol–water partition coefficient (Wildman–Crippen LogP) is 0.689. The molecule has 0 aromatic carbocycles. The highest BCUT2D eigenvalue weighted by atomic mass is 16.5. The number of methoxy groups -OCH3 is 1. The van der Waals surface area contributed by atoms with E-state index in [9.17, 15) is 4.79 Å². The Morgan fingerprint density at radius 3 is 2.43 bits per heavy atom. The van der Waals surface area contributed by atoms with E-state index in [1.165, 1.54) is 7.11 Å². The van der Waals surface area contributed by atoms with Crippen LogP contribution in [0.2, 0.25) is 0 Å². The monoisotopic (exact) mass is 203 g/mol. The Balaban J connectivity index is 4.30. The van der Waals surface area contributed by atoms with Gasteiger partial charge in [-0.1, -0.05) is 13.8 Å². The fourth-order valence-corrected chi connectivity index (χ4v) is 1.01. The summed E-state index contributed by atoms with van der Waals surface area (Å²) in [6.07, 6.45) is 1.32. The third-order valence-corrected chi connectivity index (χ3v) is 2.65. The van der Waals surface area contributed by atoms with Crippen LogP contribution >= 0.6 is 0 Å². The molecule has 0 aromatic heterocycles. The molecule has 0 saturated heterocycles. The third-order valence-electron chi connectivity index (χ3n) is 2.65. The second kappa shape index (κ2) is 5.98. The molecule has 84 valence electrons. The Kier molecular flexibility index (Phi) is 5.72. The number of hydrogen-bond acceptors (Lipinski definition) is 3. The van der Waals surface area contributed by atoms with Gasteiger partial charge in [0.2, 0.25) is 0 Å². The molecule has 14 heavy (non-hydrogen) atoms. The van der Waals surface area contributed by atoms with Crippen molar-refractivity contribution in [3.8, 4) is 0 Å². The molecule has 0 aliphatic rings. The largest absolute Gasteiger partial charge is 0.394 e. The summed E-state index contributed by atoms with van der Waals surface area (Å²) < 4.78 is 5.14. The van der Waals surface area contributed by atoms with Crippen LogP contribution in [0.25, 0.3) is 0 Å². The molecule has 2 N–H and O–H groups in total. The number of nitrogens with one attached hydrogen (secondary N) is 1. The fraction of sp³-hybridized carbons (Fsp3) is 0.900. The molecule has 0 aromatic rings. The molecule has 0 spiro atoms. The molecule has 4 nitrogen and oxygen atoms in total. The van der Waals surface area contributed by atoms with Gasteiger partial charge < -0.3 is 15.2 Å². The summed E-state index contributed by atoms with van der Waals surface area (Å²) in [7, 11) is 1.52. The van der Waals surface area contributed by atoms with Gasteiger partial charge in [0.1, 0.15) is 5.60 Å². The number of carbonyl (C=O) groups is 1. The highest BCUT2D eigenvalue weighted by Crippen LogP contribution is 2.14. The zero-order chi connectivity index (χ0) is 11.2. The maximum Gasteiger partial charge on any atom is 0.252 e. The Hall–Kier alpha value is -0.610. The van der Waals surface area contributed by atoms with Gasteiger partial charge in [-0.25, -0.2) is 0 Å². The van der Waals surface area contributed by atoms with Crippen molar-refractivity contribution in [3.05, 3.63) is 0 Å². The lowest BCUT2D eigenvalue weighted by Gasteiger charge is -2.27. The molecule has 0 saturated carbocycles. The van der Waals surface area contributed by atoms with E-state index in [4.69, 9.17) is 9.84 Å². The summed E-state index contributed by atoms with van der Waals surface area (Å²) in [5.41, 5.74) is -0.789. The van der Waals surface area contributed by atoms with E-state index in [1.54, 1.807) is 6.92 Å². The normalized spacial score (nSPS) is 17.2. The summed E-state index contributed by atoms with van der Waals surface area (Å²) in [5.74, 6) is -0.164. The lowest BCUT2D eigenvalue weighted by molar-refractivity contribution is -0.142. The van der Waals surface area contributed by atoms with E-state index in [1.807, 2.05) is 13.8 Å². The molecule has 4 heteroatoms. The lowest BCUT2D eigenvalue weighted by atomic mass is 10.0. The molecule has 1 unspecified atom stereocenters. The van der Waals surface area contributed by atoms with Crippen LogP contribution in [0.3, 0.4) is 0 Å². The Morgan fingerprint density at radius 2 is 2.14 bits per heavy atom. The van der Waals surface area contributed by atoms with Crippen molar-refractivity contribution >= 4 is 5.91 Å². The average Bonchev–Trinajstić information content (AvgIpc) is 2.24. The molecule has 0 fully saturated rings. The Bertz CT molecular complexity index is 174. The van der Waals surface area contributed by atoms with Crippen molar-refractivity contribution in [2.24, 2.45) is 0 Å². The quantitative estimate of drug-likeness (QED) is 0.667. The van der Waals surface area contributed by atoms with Crippen molar-refractivity contribution in [3.63, 3.8) is 0 Å². The van der Waals surface area contributed by atoms with Gasteiger partial charge in [-0.2, -0.15) is 0 Å². The summed E-state index contributed by atoms with van der Waals surface area (Å²) in [6, 6.07) is -0.177. The molecular weight excluding hydrogens is 182 g/mol. The number of hydrogen-bond donors (Lipinski definition) is 2. The van der Waals surface area contributed by atoms with Crippen LogP contribution in [-0.4, -0.2) is 36.4 Å². The van der Waals surface area contributed by atoms with E-state index in [-0.39, 0.29) is 18.6 Å². The first-order valence-corrected chi connectivity index (χ1v) is 5.01. The number of amides is 1. The standard InChI is InChI=1S/C10H21NO3/c1-5-8(7-12)11-9(13)10(3,6-2)14-4/h8,12H,5-7H2,1-4H3,(H,11,13)/t8-,10?/m1/s1. The Labute approximate surface area is 85.6 Å². The summed E-state index contributed by atoms with van der Waals surface area (Å²) in [5, 5.41) is 11.7. The van der Waals surface area contributed by atoms with Crippen molar-refractivity contribution in [1.82, 2.24) is 5.32 Å². The minimum atomic E-state index is -0.789. The highest BCUT2D eigenvalue weighted by molar-refractivity contribution is 5.84. The fourth-order valence-electron chi connectivity index (χ4n) is 1.01. The van der Waals surface area contributed by atoms with E-state index in [0.29, 0.717) is 12.8 Å². The number of ether oxygens (including phenoxy) is 1. The summed E-state index contributed by atoms with van der Waals surface area (Å²) >= 11 is 0. The van der Waals surface area contributed by atoms with Crippen molar-refractivity contribution in [2.75, 3.05) is 13.7 Å². The maximum absolute atomic E-state index is 11.7. The van der Waals surface area contributed by atoms with Gasteiger partial charge in [0.15, 0.2) is 0 Å². The minimum Gasteiger partial charge on any atom is -0.394 e. The van der Waals surface area contributed by atoms with Gasteiger partial charge in [0, 0.05) is 7.11 Å². The van der Waals surface area contributed by atoms with Crippen LogP contribution in [0.5, 0.6) is 0 Å². The van der Waals surface area contributed by atoms with E-state index in [0.717, 1.165) is 0 Å². The second-order valence-electron chi connectivity index (χ2n) is 3.55. The number of aliphatic hydroxyl groups is 1. The lowest BCUT2D eigenvalue weighted by Crippen LogP contribution is -2.50. The van der Waals surface area contributed by atoms with Crippen LogP contribution in [0, 0.1) is 0 Å². The van der Waals surface area contributed by atoms with Crippen LogP contribution in [0.4, 0.5) is 0 Å². The number of aliphatic hydroxyl groups excluding tert-OH is 1. The topological polar surface area (TPSA) is 58.6 Å². The van der Waals surface area contributed by atoms with Gasteiger partial charge in [0.25, 0.3) is 5.91 Å². The SMILES string of the molecule is CC[C@H](CO)NC(=O)C(C)(CC)OC. The molecule has 2 atom stereocenters. The summed E-state index contributed by atoms with van der Waals surface area (Å²) in [6.45, 7) is 5.51. The molecule has 0 radical (unpaired) electrons. The van der Waals surface area contributed by atoms with Crippen molar-refractivity contribution in [1.29, 1.82) is 0 Å². The van der Waals surface area contributed by atoms with Crippen molar-refractivity contribution in [2.45, 2.75) is 45.3 Å². The predicted molar refractivity (Wildman–Crippen MR) is 55.0 cm³/mol. The number of carbonyl (C=O) groups excluding carboxylic acids is 1. The van der Waals surface area contributed by atoms with Crippen LogP contribution in [0.1, 0.15) is 33.6 Å². The van der Waals surface area contributed by atoms with Gasteiger partial charge in [-0.3, -0.25) is 4.79 Å². The molecule has 0 bridgehead atoms. The first kappa shape index (κ1) is 13.4. The molecule has 0 aliphatic carbocycles. The van der Waals surface area contributed by atoms with Crippen LogP contribution in [-0.2, 0) is 9.53 Å². The first-order valence-electron chi connectivity index (χ1n) is 5.01.